The first-order chi connectivity index (χ1) is 14.2. The number of hydrogen-bond acceptors (Lipinski definition) is 3. The molecule has 1 atom stereocenters. The van der Waals surface area contributed by atoms with Crippen LogP contribution in [0, 0.1) is 0 Å². The van der Waals surface area contributed by atoms with Gasteiger partial charge in [-0.3, -0.25) is 9.59 Å². The highest BCUT2D eigenvalue weighted by Crippen LogP contribution is 2.30. The van der Waals surface area contributed by atoms with E-state index in [1.165, 1.54) is 30.3 Å². The average molecular weight is 420 g/mol. The van der Waals surface area contributed by atoms with E-state index in [9.17, 15) is 27.6 Å². The number of piperidine rings is 1. The molecule has 0 radical (unpaired) electrons. The fourth-order valence-corrected chi connectivity index (χ4v) is 2.92. The molecule has 1 heterocycles. The molecular formula is C20H19F3N4O3. The van der Waals surface area contributed by atoms with Gasteiger partial charge in [0.05, 0.1) is 5.56 Å². The molecule has 0 aliphatic carbocycles. The van der Waals surface area contributed by atoms with Gasteiger partial charge in [0.15, 0.2) is 0 Å². The topological polar surface area (TPSA) is 99.3 Å². The number of hydrogen-bond donors (Lipinski definition) is 4. The monoisotopic (exact) mass is 420 g/mol. The first kappa shape index (κ1) is 21.2. The minimum Gasteiger partial charge on any atom is -0.354 e. The van der Waals surface area contributed by atoms with E-state index in [4.69, 9.17) is 0 Å². The van der Waals surface area contributed by atoms with E-state index >= 15 is 0 Å². The summed E-state index contributed by atoms with van der Waals surface area (Å²) in [6, 6.07) is 9.61. The molecule has 158 valence electrons. The third kappa shape index (κ3) is 5.72. The lowest BCUT2D eigenvalue weighted by molar-refractivity contribution is -0.137. The second-order valence-electron chi connectivity index (χ2n) is 6.75. The molecule has 1 aliphatic heterocycles. The van der Waals surface area contributed by atoms with E-state index in [0.717, 1.165) is 12.1 Å². The molecule has 4 amide bonds. The number of rotatable bonds is 4. The molecule has 3 rings (SSSR count). The Bertz CT molecular complexity index is 952. The molecule has 30 heavy (non-hydrogen) atoms. The average Bonchev–Trinajstić information content (AvgIpc) is 2.69. The van der Waals surface area contributed by atoms with Crippen molar-refractivity contribution in [2.24, 2.45) is 0 Å². The van der Waals surface area contributed by atoms with Crippen molar-refractivity contribution in [2.75, 3.05) is 17.2 Å². The van der Waals surface area contributed by atoms with Crippen LogP contribution < -0.4 is 21.3 Å². The van der Waals surface area contributed by atoms with Crippen LogP contribution in [0.25, 0.3) is 0 Å². The minimum atomic E-state index is -4.51. The van der Waals surface area contributed by atoms with Crippen LogP contribution in [0.4, 0.5) is 29.3 Å². The van der Waals surface area contributed by atoms with Gasteiger partial charge in [0, 0.05) is 35.9 Å². The molecule has 0 bridgehead atoms. The number of alkyl halides is 3. The standard InChI is InChI=1S/C20H19F3N4O3/c21-20(22,23)13-4-2-6-15(10-13)25-18(29)12-3-1-5-14(9-12)26-19(30)27-16-7-8-17(28)24-11-16/h1-6,9-10,16H,7-8,11H2,(H,24,28)(H,25,29)(H2,26,27,30). The van der Waals surface area contributed by atoms with Crippen molar-refractivity contribution in [2.45, 2.75) is 25.1 Å². The van der Waals surface area contributed by atoms with Crippen LogP contribution in [-0.2, 0) is 11.0 Å². The molecule has 1 unspecified atom stereocenters. The summed E-state index contributed by atoms with van der Waals surface area (Å²) >= 11 is 0. The van der Waals surface area contributed by atoms with Crippen molar-refractivity contribution in [3.63, 3.8) is 0 Å². The van der Waals surface area contributed by atoms with E-state index in [1.807, 2.05) is 0 Å². The summed E-state index contributed by atoms with van der Waals surface area (Å²) in [6.07, 6.45) is -3.66. The van der Waals surface area contributed by atoms with Gasteiger partial charge < -0.3 is 21.3 Å². The first-order valence-electron chi connectivity index (χ1n) is 9.13. The molecule has 1 fully saturated rings. The maximum Gasteiger partial charge on any atom is 0.416 e. The summed E-state index contributed by atoms with van der Waals surface area (Å²) in [7, 11) is 0. The van der Waals surface area contributed by atoms with Crippen LogP contribution in [0.15, 0.2) is 48.5 Å². The number of carbonyl (C=O) groups is 3. The fourth-order valence-electron chi connectivity index (χ4n) is 2.92. The Hall–Kier alpha value is -3.56. The van der Waals surface area contributed by atoms with E-state index in [2.05, 4.69) is 21.3 Å². The second kappa shape index (κ2) is 8.85. The lowest BCUT2D eigenvalue weighted by Gasteiger charge is -2.23. The van der Waals surface area contributed by atoms with Crippen LogP contribution in [0.5, 0.6) is 0 Å². The van der Waals surface area contributed by atoms with E-state index in [-0.39, 0.29) is 23.2 Å². The second-order valence-corrected chi connectivity index (χ2v) is 6.75. The molecular weight excluding hydrogens is 401 g/mol. The van der Waals surface area contributed by atoms with Gasteiger partial charge in [-0.05, 0) is 42.8 Å². The third-order valence-corrected chi connectivity index (χ3v) is 4.43. The minimum absolute atomic E-state index is 0.00489. The van der Waals surface area contributed by atoms with Gasteiger partial charge >= 0.3 is 12.2 Å². The first-order valence-corrected chi connectivity index (χ1v) is 9.13. The largest absolute Gasteiger partial charge is 0.416 e. The summed E-state index contributed by atoms with van der Waals surface area (Å²) in [5.74, 6) is -0.679. The Morgan fingerprint density at radius 2 is 1.70 bits per heavy atom. The molecule has 7 nitrogen and oxygen atoms in total. The summed E-state index contributed by atoms with van der Waals surface area (Å²) in [5.41, 5.74) is -0.365. The maximum atomic E-state index is 12.8. The molecule has 0 spiro atoms. The van der Waals surface area contributed by atoms with Gasteiger partial charge in [-0.2, -0.15) is 13.2 Å². The van der Waals surface area contributed by atoms with Crippen LogP contribution in [-0.4, -0.2) is 30.4 Å². The smallest absolute Gasteiger partial charge is 0.354 e. The predicted molar refractivity (Wildman–Crippen MR) is 104 cm³/mol. The van der Waals surface area contributed by atoms with Crippen molar-refractivity contribution in [3.8, 4) is 0 Å². The molecule has 1 saturated heterocycles. The Balaban J connectivity index is 1.61. The highest BCUT2D eigenvalue weighted by molar-refractivity contribution is 6.05. The SMILES string of the molecule is O=C1CCC(NC(=O)Nc2cccc(C(=O)Nc3cccc(C(F)(F)F)c3)c2)CN1. The molecule has 1 aliphatic rings. The highest BCUT2D eigenvalue weighted by atomic mass is 19.4. The van der Waals surface area contributed by atoms with Gasteiger partial charge in [0.1, 0.15) is 0 Å². The highest BCUT2D eigenvalue weighted by Gasteiger charge is 2.30. The van der Waals surface area contributed by atoms with Gasteiger partial charge in [-0.1, -0.05) is 12.1 Å². The van der Waals surface area contributed by atoms with Crippen molar-refractivity contribution >= 4 is 29.2 Å². The lowest BCUT2D eigenvalue weighted by atomic mass is 10.1. The number of amides is 4. The summed E-state index contributed by atoms with van der Waals surface area (Å²) in [5, 5.41) is 10.4. The summed E-state index contributed by atoms with van der Waals surface area (Å²) in [4.78, 5) is 35.7. The quantitative estimate of drug-likeness (QED) is 0.610. The Kier molecular flexibility index (Phi) is 6.24. The molecule has 10 heteroatoms. The van der Waals surface area contributed by atoms with Gasteiger partial charge in [-0.15, -0.1) is 0 Å². The molecule has 0 aromatic heterocycles. The predicted octanol–water partition coefficient (Wildman–Crippen LogP) is 3.36. The van der Waals surface area contributed by atoms with Crippen LogP contribution in [0.1, 0.15) is 28.8 Å². The summed E-state index contributed by atoms with van der Waals surface area (Å²) < 4.78 is 38.4. The number of nitrogens with one attached hydrogen (secondary N) is 4. The number of anilines is 2. The fraction of sp³-hybridized carbons (Fsp3) is 0.250. The number of benzene rings is 2. The van der Waals surface area contributed by atoms with Crippen molar-refractivity contribution in [1.29, 1.82) is 0 Å². The van der Waals surface area contributed by atoms with E-state index < -0.39 is 23.7 Å². The zero-order chi connectivity index (χ0) is 21.7. The van der Waals surface area contributed by atoms with Crippen molar-refractivity contribution < 1.29 is 27.6 Å². The van der Waals surface area contributed by atoms with E-state index in [0.29, 0.717) is 25.1 Å². The Morgan fingerprint density at radius 1 is 1.00 bits per heavy atom. The van der Waals surface area contributed by atoms with Crippen LogP contribution in [0.3, 0.4) is 0 Å². The normalized spacial score (nSPS) is 16.4. The van der Waals surface area contributed by atoms with Gasteiger partial charge in [0.2, 0.25) is 5.91 Å². The van der Waals surface area contributed by atoms with Gasteiger partial charge in [0.25, 0.3) is 5.91 Å². The van der Waals surface area contributed by atoms with E-state index in [1.54, 1.807) is 6.07 Å². The molecule has 4 N–H and O–H groups in total. The number of halogens is 3. The Labute approximate surface area is 170 Å². The van der Waals surface area contributed by atoms with Crippen molar-refractivity contribution in [1.82, 2.24) is 10.6 Å². The van der Waals surface area contributed by atoms with Crippen LogP contribution in [0.2, 0.25) is 0 Å². The molecule has 2 aromatic carbocycles. The van der Waals surface area contributed by atoms with Crippen molar-refractivity contribution in [3.05, 3.63) is 59.7 Å². The zero-order valence-electron chi connectivity index (χ0n) is 15.7. The zero-order valence-corrected chi connectivity index (χ0v) is 15.7. The number of urea groups is 1. The maximum absolute atomic E-state index is 12.8. The van der Waals surface area contributed by atoms with Crippen LogP contribution >= 0.6 is 0 Å². The summed E-state index contributed by atoms with van der Waals surface area (Å²) in [6.45, 7) is 0.339. The molecule has 0 saturated carbocycles. The Morgan fingerprint density at radius 3 is 2.37 bits per heavy atom. The number of carbonyl (C=O) groups excluding carboxylic acids is 3. The molecule has 2 aromatic rings. The lowest BCUT2D eigenvalue weighted by Crippen LogP contribution is -2.48. The van der Waals surface area contributed by atoms with Gasteiger partial charge in [-0.25, -0.2) is 4.79 Å². The third-order valence-electron chi connectivity index (χ3n) is 4.43.